The van der Waals surface area contributed by atoms with Crippen molar-refractivity contribution in [2.24, 2.45) is 0 Å². The van der Waals surface area contributed by atoms with Crippen molar-refractivity contribution >= 4 is 32.6 Å². The summed E-state index contributed by atoms with van der Waals surface area (Å²) >= 11 is 0. The number of carbonyl (C=O) groups excluding carboxylic acids is 1. The maximum absolute atomic E-state index is 12.8. The smallest absolute Gasteiger partial charge is 0.339 e. The van der Waals surface area contributed by atoms with Crippen LogP contribution >= 0.6 is 0 Å². The minimum atomic E-state index is -4.03. The van der Waals surface area contributed by atoms with Gasteiger partial charge in [-0.05, 0) is 62.4 Å². The van der Waals surface area contributed by atoms with Crippen LogP contribution < -0.4 is 9.50 Å². The summed E-state index contributed by atoms with van der Waals surface area (Å²) in [5.41, 5.74) is 3.09. The van der Waals surface area contributed by atoms with Crippen LogP contribution in [-0.2, 0) is 10.1 Å². The van der Waals surface area contributed by atoms with Gasteiger partial charge in [0.1, 0.15) is 4.90 Å². The zero-order valence-corrected chi connectivity index (χ0v) is 17.8. The Morgan fingerprint density at radius 1 is 0.871 bits per heavy atom. The first-order valence-corrected chi connectivity index (χ1v) is 11.0. The highest BCUT2D eigenvalue weighted by Crippen LogP contribution is 2.33. The van der Waals surface area contributed by atoms with Crippen LogP contribution in [0.25, 0.3) is 10.9 Å². The Labute approximate surface area is 180 Å². The topological polar surface area (TPSA) is 85.4 Å². The van der Waals surface area contributed by atoms with Gasteiger partial charge in [0.05, 0.1) is 11.2 Å². The van der Waals surface area contributed by atoms with Crippen LogP contribution in [0.3, 0.4) is 0 Å². The second kappa shape index (κ2) is 8.20. The fraction of sp³-hybridized carbons (Fsp3) is 0.0833. The highest BCUT2D eigenvalue weighted by atomic mass is 32.2. The molecule has 4 rings (SSSR count). The standard InChI is InChI=1S/C24H20N2O4S/c1-16-8-11-19(12-9-16)31(28,29)30-22-15-14-21(23-20(22)13-10-17(2)25-23)26-24(27)18-6-4-3-5-7-18/h3-15H,1-2H3,(H,26,27). The lowest BCUT2D eigenvalue weighted by Crippen LogP contribution is -2.13. The third-order valence-electron chi connectivity index (χ3n) is 4.75. The Hall–Kier alpha value is -3.71. The fourth-order valence-electron chi connectivity index (χ4n) is 3.12. The molecule has 0 fully saturated rings. The lowest BCUT2D eigenvalue weighted by atomic mass is 10.1. The van der Waals surface area contributed by atoms with Crippen molar-refractivity contribution in [3.8, 4) is 5.75 Å². The molecule has 3 aromatic carbocycles. The molecule has 0 radical (unpaired) electrons. The van der Waals surface area contributed by atoms with E-state index in [4.69, 9.17) is 4.18 Å². The summed E-state index contributed by atoms with van der Waals surface area (Å²) < 4.78 is 31.0. The average Bonchev–Trinajstić information content (AvgIpc) is 2.76. The molecule has 0 atom stereocenters. The zero-order valence-electron chi connectivity index (χ0n) is 17.0. The monoisotopic (exact) mass is 432 g/mol. The van der Waals surface area contributed by atoms with E-state index >= 15 is 0 Å². The number of hydrogen-bond donors (Lipinski definition) is 1. The van der Waals surface area contributed by atoms with Gasteiger partial charge >= 0.3 is 10.1 Å². The van der Waals surface area contributed by atoms with Crippen LogP contribution in [-0.4, -0.2) is 19.3 Å². The maximum Gasteiger partial charge on any atom is 0.339 e. The summed E-state index contributed by atoms with van der Waals surface area (Å²) in [6.07, 6.45) is 0. The van der Waals surface area contributed by atoms with Crippen molar-refractivity contribution in [2.45, 2.75) is 18.7 Å². The lowest BCUT2D eigenvalue weighted by Gasteiger charge is -2.13. The molecule has 4 aromatic rings. The number of amides is 1. The first kappa shape index (κ1) is 20.6. The molecule has 0 spiro atoms. The molecule has 0 saturated carbocycles. The molecule has 0 aliphatic carbocycles. The SMILES string of the molecule is Cc1ccc(S(=O)(=O)Oc2ccc(NC(=O)c3ccccc3)c3nc(C)ccc23)cc1. The molecule has 0 aliphatic rings. The van der Waals surface area contributed by atoms with Crippen LogP contribution in [0.15, 0.2) is 83.8 Å². The largest absolute Gasteiger partial charge is 0.378 e. The van der Waals surface area contributed by atoms with Gasteiger partial charge in [0, 0.05) is 16.6 Å². The first-order valence-electron chi connectivity index (χ1n) is 9.61. The molecule has 1 aromatic heterocycles. The van der Waals surface area contributed by atoms with Crippen molar-refractivity contribution in [2.75, 3.05) is 5.32 Å². The van der Waals surface area contributed by atoms with Crippen LogP contribution in [0.4, 0.5) is 5.69 Å². The third kappa shape index (κ3) is 4.41. The van der Waals surface area contributed by atoms with Crippen molar-refractivity contribution in [1.29, 1.82) is 0 Å². The van der Waals surface area contributed by atoms with E-state index in [9.17, 15) is 13.2 Å². The fourth-order valence-corrected chi connectivity index (χ4v) is 4.06. The number of benzene rings is 3. The summed E-state index contributed by atoms with van der Waals surface area (Å²) in [5, 5.41) is 3.33. The normalized spacial score (nSPS) is 11.3. The van der Waals surface area contributed by atoms with Crippen molar-refractivity contribution < 1.29 is 17.4 Å². The Morgan fingerprint density at radius 3 is 2.29 bits per heavy atom. The number of pyridine rings is 1. The third-order valence-corrected chi connectivity index (χ3v) is 6.00. The highest BCUT2D eigenvalue weighted by molar-refractivity contribution is 7.87. The summed E-state index contributed by atoms with van der Waals surface area (Å²) in [6, 6.07) is 21.8. The molecule has 0 bridgehead atoms. The minimum absolute atomic E-state index is 0.0628. The Morgan fingerprint density at radius 2 is 1.58 bits per heavy atom. The van der Waals surface area contributed by atoms with Gasteiger partial charge in [-0.15, -0.1) is 0 Å². The molecule has 156 valence electrons. The molecular weight excluding hydrogens is 412 g/mol. The number of nitrogens with one attached hydrogen (secondary N) is 1. The summed E-state index contributed by atoms with van der Waals surface area (Å²) in [4.78, 5) is 17.2. The molecule has 6 nitrogen and oxygen atoms in total. The Kier molecular flexibility index (Phi) is 5.44. The predicted molar refractivity (Wildman–Crippen MR) is 120 cm³/mol. The van der Waals surface area contributed by atoms with E-state index in [0.717, 1.165) is 11.3 Å². The number of fused-ring (bicyclic) bond motifs is 1. The van der Waals surface area contributed by atoms with Crippen LogP contribution in [0.2, 0.25) is 0 Å². The number of nitrogens with zero attached hydrogens (tertiary/aromatic N) is 1. The number of aryl methyl sites for hydroxylation is 2. The molecule has 0 saturated heterocycles. The van der Waals surface area contributed by atoms with Gasteiger partial charge in [-0.1, -0.05) is 35.9 Å². The van der Waals surface area contributed by atoms with Crippen LogP contribution in [0, 0.1) is 13.8 Å². The molecular formula is C24H20N2O4S. The van der Waals surface area contributed by atoms with Gasteiger partial charge in [0.25, 0.3) is 5.91 Å². The molecule has 1 heterocycles. The molecule has 7 heteroatoms. The van der Waals surface area contributed by atoms with Gasteiger partial charge in [0.2, 0.25) is 0 Å². The van der Waals surface area contributed by atoms with E-state index in [2.05, 4.69) is 10.3 Å². The van der Waals surface area contributed by atoms with Crippen LogP contribution in [0.5, 0.6) is 5.75 Å². The van der Waals surface area contributed by atoms with Crippen molar-refractivity contribution in [3.63, 3.8) is 0 Å². The average molecular weight is 433 g/mol. The lowest BCUT2D eigenvalue weighted by molar-refractivity contribution is 0.102. The number of hydrogen-bond acceptors (Lipinski definition) is 5. The predicted octanol–water partition coefficient (Wildman–Crippen LogP) is 4.87. The Balaban J connectivity index is 1.72. The van der Waals surface area contributed by atoms with Gasteiger partial charge < -0.3 is 9.50 Å². The van der Waals surface area contributed by atoms with Gasteiger partial charge in [-0.3, -0.25) is 9.78 Å². The molecule has 31 heavy (non-hydrogen) atoms. The molecule has 0 unspecified atom stereocenters. The molecule has 1 N–H and O–H groups in total. The number of carbonyl (C=O) groups is 1. The second-order valence-electron chi connectivity index (χ2n) is 7.13. The second-order valence-corrected chi connectivity index (χ2v) is 8.68. The zero-order chi connectivity index (χ0) is 22.0. The first-order chi connectivity index (χ1) is 14.8. The van der Waals surface area contributed by atoms with Crippen molar-refractivity contribution in [1.82, 2.24) is 4.98 Å². The summed E-state index contributed by atoms with van der Waals surface area (Å²) in [5.74, 6) is -0.146. The molecule has 1 amide bonds. The number of anilines is 1. The van der Waals surface area contributed by atoms with E-state index in [0.29, 0.717) is 22.2 Å². The van der Waals surface area contributed by atoms with Gasteiger partial charge in [0.15, 0.2) is 5.75 Å². The number of aromatic nitrogens is 1. The highest BCUT2D eigenvalue weighted by Gasteiger charge is 2.20. The number of rotatable bonds is 5. The van der Waals surface area contributed by atoms with E-state index in [1.807, 2.05) is 19.9 Å². The van der Waals surface area contributed by atoms with E-state index in [1.54, 1.807) is 54.6 Å². The van der Waals surface area contributed by atoms with E-state index in [-0.39, 0.29) is 16.6 Å². The molecule has 0 aliphatic heterocycles. The minimum Gasteiger partial charge on any atom is -0.378 e. The van der Waals surface area contributed by atoms with E-state index < -0.39 is 10.1 Å². The quantitative estimate of drug-likeness (QED) is 0.455. The summed E-state index contributed by atoms with van der Waals surface area (Å²) in [6.45, 7) is 3.69. The summed E-state index contributed by atoms with van der Waals surface area (Å²) in [7, 11) is -4.03. The van der Waals surface area contributed by atoms with Gasteiger partial charge in [-0.2, -0.15) is 8.42 Å². The van der Waals surface area contributed by atoms with Gasteiger partial charge in [-0.25, -0.2) is 0 Å². The maximum atomic E-state index is 12.8. The Bertz CT molecular complexity index is 1370. The van der Waals surface area contributed by atoms with Crippen molar-refractivity contribution in [3.05, 3.63) is 95.7 Å². The van der Waals surface area contributed by atoms with Crippen LogP contribution in [0.1, 0.15) is 21.6 Å². The van der Waals surface area contributed by atoms with E-state index in [1.165, 1.54) is 18.2 Å².